The molecular weight excluding hydrogens is 168 g/mol. The summed E-state index contributed by atoms with van der Waals surface area (Å²) in [4.78, 5) is 0. The van der Waals surface area contributed by atoms with Gasteiger partial charge in [0.1, 0.15) is 0 Å². The molecule has 0 saturated heterocycles. The number of alkyl halides is 1. The van der Waals surface area contributed by atoms with Gasteiger partial charge in [-0.25, -0.2) is 0 Å². The fraction of sp³-hybridized carbons (Fsp3) is 0.0909. The number of hydrogen-bond acceptors (Lipinski definition) is 0. The number of allylic oxidation sites excluding steroid dienone is 1. The lowest BCUT2D eigenvalue weighted by Gasteiger charge is -2.03. The molecule has 0 nitrogen and oxygen atoms in total. The van der Waals surface area contributed by atoms with Crippen LogP contribution >= 0.6 is 11.6 Å². The van der Waals surface area contributed by atoms with Gasteiger partial charge in [-0.1, -0.05) is 30.7 Å². The maximum absolute atomic E-state index is 5.65. The van der Waals surface area contributed by atoms with Crippen molar-refractivity contribution in [2.75, 3.05) is 5.88 Å². The molecule has 60 valence electrons. The van der Waals surface area contributed by atoms with Gasteiger partial charge in [-0.05, 0) is 17.2 Å². The molecule has 0 aromatic heterocycles. The third-order valence-electron chi connectivity index (χ3n) is 1.62. The van der Waals surface area contributed by atoms with Crippen LogP contribution in [0, 0.1) is 12.3 Å². The van der Waals surface area contributed by atoms with Crippen LogP contribution in [0.3, 0.4) is 0 Å². The zero-order valence-electron chi connectivity index (χ0n) is 6.68. The van der Waals surface area contributed by atoms with Crippen molar-refractivity contribution in [2.45, 2.75) is 0 Å². The summed E-state index contributed by atoms with van der Waals surface area (Å²) >= 11 is 5.65. The van der Waals surface area contributed by atoms with Crippen molar-refractivity contribution in [1.82, 2.24) is 0 Å². The summed E-state index contributed by atoms with van der Waals surface area (Å²) in [6.45, 7) is 3.82. The lowest BCUT2D eigenvalue weighted by molar-refractivity contribution is 1.54. The monoisotopic (exact) mass is 176 g/mol. The molecule has 1 rings (SSSR count). The standard InChI is InChI=1S/C11H9Cl/c1-3-10-6-4-5-7-11(10)9(2)8-12/h1,4-7H,2,8H2. The molecule has 1 aromatic rings. The molecule has 12 heavy (non-hydrogen) atoms. The number of rotatable bonds is 2. The summed E-state index contributed by atoms with van der Waals surface area (Å²) in [5.41, 5.74) is 2.68. The second kappa shape index (κ2) is 3.99. The van der Waals surface area contributed by atoms with Crippen molar-refractivity contribution in [2.24, 2.45) is 0 Å². The van der Waals surface area contributed by atoms with Crippen LogP contribution in [0.1, 0.15) is 11.1 Å². The molecule has 0 radical (unpaired) electrons. The number of hydrogen-bond donors (Lipinski definition) is 0. The van der Waals surface area contributed by atoms with Gasteiger partial charge in [0.15, 0.2) is 0 Å². The van der Waals surface area contributed by atoms with E-state index in [9.17, 15) is 0 Å². The Labute approximate surface area is 77.9 Å². The minimum Gasteiger partial charge on any atom is -0.122 e. The van der Waals surface area contributed by atoms with E-state index in [1.165, 1.54) is 0 Å². The third-order valence-corrected chi connectivity index (χ3v) is 1.95. The highest BCUT2D eigenvalue weighted by Crippen LogP contribution is 2.17. The Bertz CT molecular complexity index is 331. The SMILES string of the molecule is C#Cc1ccccc1C(=C)CCl. The van der Waals surface area contributed by atoms with Crippen LogP contribution in [0.2, 0.25) is 0 Å². The Morgan fingerprint density at radius 1 is 1.50 bits per heavy atom. The first-order valence-electron chi connectivity index (χ1n) is 3.59. The number of halogens is 1. The Kier molecular flexibility index (Phi) is 2.96. The molecule has 0 unspecified atom stereocenters. The molecule has 1 heteroatoms. The highest BCUT2D eigenvalue weighted by Gasteiger charge is 2.00. The molecule has 0 aliphatic rings. The van der Waals surface area contributed by atoms with E-state index < -0.39 is 0 Å². The summed E-state index contributed by atoms with van der Waals surface area (Å²) in [5.74, 6) is 3.01. The largest absolute Gasteiger partial charge is 0.122 e. The van der Waals surface area contributed by atoms with Crippen molar-refractivity contribution in [3.8, 4) is 12.3 Å². The summed E-state index contributed by atoms with van der Waals surface area (Å²) in [5, 5.41) is 0. The van der Waals surface area contributed by atoms with Crippen LogP contribution in [0.4, 0.5) is 0 Å². The van der Waals surface area contributed by atoms with E-state index in [0.29, 0.717) is 5.88 Å². The van der Waals surface area contributed by atoms with Gasteiger partial charge in [0.25, 0.3) is 0 Å². The van der Waals surface area contributed by atoms with E-state index >= 15 is 0 Å². The molecule has 0 aliphatic heterocycles. The van der Waals surface area contributed by atoms with Crippen molar-refractivity contribution in [1.29, 1.82) is 0 Å². The van der Waals surface area contributed by atoms with Crippen molar-refractivity contribution >= 4 is 17.2 Å². The van der Waals surface area contributed by atoms with Gasteiger partial charge in [0.05, 0.1) is 0 Å². The molecule has 0 fully saturated rings. The normalized spacial score (nSPS) is 9.00. The molecule has 1 aromatic carbocycles. The lowest BCUT2D eigenvalue weighted by atomic mass is 10.0. The van der Waals surface area contributed by atoms with Crippen LogP contribution in [0.15, 0.2) is 30.8 Å². The first kappa shape index (κ1) is 8.90. The number of benzene rings is 1. The Morgan fingerprint density at radius 2 is 2.17 bits per heavy atom. The first-order valence-corrected chi connectivity index (χ1v) is 4.12. The van der Waals surface area contributed by atoms with Crippen LogP contribution in [0.25, 0.3) is 5.57 Å². The summed E-state index contributed by atoms with van der Waals surface area (Å²) in [6.07, 6.45) is 5.31. The van der Waals surface area contributed by atoms with Gasteiger partial charge < -0.3 is 0 Å². The molecular formula is C11H9Cl. The van der Waals surface area contributed by atoms with Gasteiger partial charge in [-0.2, -0.15) is 0 Å². The van der Waals surface area contributed by atoms with E-state index in [1.54, 1.807) is 0 Å². The van der Waals surface area contributed by atoms with Crippen LogP contribution in [-0.2, 0) is 0 Å². The maximum atomic E-state index is 5.65. The lowest BCUT2D eigenvalue weighted by Crippen LogP contribution is -1.88. The quantitative estimate of drug-likeness (QED) is 0.480. The predicted molar refractivity (Wildman–Crippen MR) is 54.1 cm³/mol. The van der Waals surface area contributed by atoms with Gasteiger partial charge in [-0.3, -0.25) is 0 Å². The molecule has 0 N–H and O–H groups in total. The molecule has 0 heterocycles. The zero-order valence-corrected chi connectivity index (χ0v) is 7.43. The Morgan fingerprint density at radius 3 is 2.75 bits per heavy atom. The highest BCUT2D eigenvalue weighted by atomic mass is 35.5. The van der Waals surface area contributed by atoms with Crippen LogP contribution in [0.5, 0.6) is 0 Å². The maximum Gasteiger partial charge on any atom is 0.0474 e. The molecule has 0 saturated carbocycles. The fourth-order valence-electron chi connectivity index (χ4n) is 0.989. The van der Waals surface area contributed by atoms with Crippen molar-refractivity contribution in [3.63, 3.8) is 0 Å². The van der Waals surface area contributed by atoms with Gasteiger partial charge >= 0.3 is 0 Å². The summed E-state index contributed by atoms with van der Waals surface area (Å²) in [7, 11) is 0. The van der Waals surface area contributed by atoms with Gasteiger partial charge in [0.2, 0.25) is 0 Å². The van der Waals surface area contributed by atoms with Gasteiger partial charge in [-0.15, -0.1) is 18.0 Å². The number of terminal acetylenes is 1. The van der Waals surface area contributed by atoms with E-state index in [2.05, 4.69) is 12.5 Å². The minimum absolute atomic E-state index is 0.415. The molecule has 0 bridgehead atoms. The first-order chi connectivity index (χ1) is 5.79. The summed E-state index contributed by atoms with van der Waals surface area (Å²) < 4.78 is 0. The highest BCUT2D eigenvalue weighted by molar-refractivity contribution is 6.23. The average Bonchev–Trinajstić information content (AvgIpc) is 2.16. The molecule has 0 spiro atoms. The van der Waals surface area contributed by atoms with E-state index in [4.69, 9.17) is 18.0 Å². The second-order valence-corrected chi connectivity index (χ2v) is 2.69. The van der Waals surface area contributed by atoms with E-state index in [0.717, 1.165) is 16.7 Å². The smallest absolute Gasteiger partial charge is 0.0474 e. The minimum atomic E-state index is 0.415. The van der Waals surface area contributed by atoms with Crippen LogP contribution in [-0.4, -0.2) is 5.88 Å². The summed E-state index contributed by atoms with van der Waals surface area (Å²) in [6, 6.07) is 7.64. The van der Waals surface area contributed by atoms with Crippen molar-refractivity contribution in [3.05, 3.63) is 42.0 Å². The average molecular weight is 177 g/mol. The Hall–Kier alpha value is -1.19. The third kappa shape index (κ3) is 1.69. The van der Waals surface area contributed by atoms with Gasteiger partial charge in [0, 0.05) is 11.4 Å². The Balaban J connectivity index is 3.16. The van der Waals surface area contributed by atoms with E-state index in [-0.39, 0.29) is 0 Å². The fourth-order valence-corrected chi connectivity index (χ4v) is 1.13. The van der Waals surface area contributed by atoms with Crippen molar-refractivity contribution < 1.29 is 0 Å². The molecule has 0 amide bonds. The molecule has 0 aliphatic carbocycles. The second-order valence-electron chi connectivity index (χ2n) is 2.43. The topological polar surface area (TPSA) is 0 Å². The van der Waals surface area contributed by atoms with E-state index in [1.807, 2.05) is 24.3 Å². The zero-order chi connectivity index (χ0) is 8.97. The molecule has 0 atom stereocenters. The van der Waals surface area contributed by atoms with Crippen LogP contribution < -0.4 is 0 Å². The predicted octanol–water partition coefficient (Wildman–Crippen LogP) is 2.92.